The molecule has 1 aromatic rings. The molecule has 0 saturated carbocycles. The smallest absolute Gasteiger partial charge is 0.238 e. The SMILES string of the molecule is CCCCCCCCCCCCCCCCNCC(=O)Nc1cc(C)cc(C)c1. The molecule has 0 fully saturated rings. The van der Waals surface area contributed by atoms with Crippen molar-refractivity contribution in [3.05, 3.63) is 29.3 Å². The molecule has 0 bridgehead atoms. The molecule has 0 radical (unpaired) electrons. The first-order valence-corrected chi connectivity index (χ1v) is 12.2. The van der Waals surface area contributed by atoms with Crippen LogP contribution >= 0.6 is 0 Å². The molecule has 0 spiro atoms. The summed E-state index contributed by atoms with van der Waals surface area (Å²) in [4.78, 5) is 12.0. The van der Waals surface area contributed by atoms with Gasteiger partial charge in [0.1, 0.15) is 0 Å². The van der Waals surface area contributed by atoms with E-state index in [2.05, 4.69) is 37.5 Å². The minimum atomic E-state index is 0.0420. The number of unbranched alkanes of at least 4 members (excludes halogenated alkanes) is 13. The molecule has 0 atom stereocenters. The summed E-state index contributed by atoms with van der Waals surface area (Å²) in [7, 11) is 0. The second-order valence-electron chi connectivity index (χ2n) is 8.70. The molecular formula is C26H46N2O. The van der Waals surface area contributed by atoms with E-state index in [1.54, 1.807) is 0 Å². The molecule has 1 amide bonds. The van der Waals surface area contributed by atoms with Gasteiger partial charge in [0.15, 0.2) is 0 Å². The van der Waals surface area contributed by atoms with Gasteiger partial charge in [-0.05, 0) is 50.1 Å². The Morgan fingerprint density at radius 3 is 1.62 bits per heavy atom. The molecule has 0 aromatic heterocycles. The number of nitrogens with one attached hydrogen (secondary N) is 2. The maximum atomic E-state index is 12.0. The average Bonchev–Trinajstić information content (AvgIpc) is 2.67. The van der Waals surface area contributed by atoms with Crippen molar-refractivity contribution in [1.29, 1.82) is 0 Å². The number of aryl methyl sites for hydroxylation is 2. The lowest BCUT2D eigenvalue weighted by atomic mass is 10.0. The Bertz CT molecular complexity index is 521. The standard InChI is InChI=1S/C26H46N2O/c1-4-5-6-7-8-9-10-11-12-13-14-15-16-17-18-27-22-26(29)28-25-20-23(2)19-24(3)21-25/h19-21,27H,4-18,22H2,1-3H3,(H,28,29). The van der Waals surface area contributed by atoms with Crippen LogP contribution < -0.4 is 10.6 Å². The largest absolute Gasteiger partial charge is 0.325 e. The topological polar surface area (TPSA) is 41.1 Å². The molecule has 29 heavy (non-hydrogen) atoms. The third-order valence-electron chi connectivity index (χ3n) is 5.50. The average molecular weight is 403 g/mol. The molecule has 0 aliphatic rings. The minimum Gasteiger partial charge on any atom is -0.325 e. The van der Waals surface area contributed by atoms with E-state index in [4.69, 9.17) is 0 Å². The van der Waals surface area contributed by atoms with Gasteiger partial charge in [0.25, 0.3) is 0 Å². The molecule has 0 unspecified atom stereocenters. The summed E-state index contributed by atoms with van der Waals surface area (Å²) < 4.78 is 0. The van der Waals surface area contributed by atoms with Gasteiger partial charge in [-0.25, -0.2) is 0 Å². The van der Waals surface area contributed by atoms with Gasteiger partial charge in [-0.1, -0.05) is 96.5 Å². The van der Waals surface area contributed by atoms with Gasteiger partial charge >= 0.3 is 0 Å². The maximum Gasteiger partial charge on any atom is 0.238 e. The summed E-state index contributed by atoms with van der Waals surface area (Å²) in [5, 5.41) is 6.24. The second-order valence-corrected chi connectivity index (χ2v) is 8.70. The van der Waals surface area contributed by atoms with Crippen LogP contribution in [0.1, 0.15) is 108 Å². The molecule has 2 N–H and O–H groups in total. The molecule has 0 aliphatic carbocycles. The highest BCUT2D eigenvalue weighted by molar-refractivity contribution is 5.92. The number of rotatable bonds is 18. The fraction of sp³-hybridized carbons (Fsp3) is 0.731. The van der Waals surface area contributed by atoms with Gasteiger partial charge in [0, 0.05) is 5.69 Å². The summed E-state index contributed by atoms with van der Waals surface area (Å²) >= 11 is 0. The molecule has 1 aromatic carbocycles. The number of hydrogen-bond acceptors (Lipinski definition) is 2. The predicted octanol–water partition coefficient (Wildman–Crippen LogP) is 7.31. The van der Waals surface area contributed by atoms with Gasteiger partial charge < -0.3 is 10.6 Å². The van der Waals surface area contributed by atoms with E-state index in [1.807, 2.05) is 12.1 Å². The van der Waals surface area contributed by atoms with Crippen molar-refractivity contribution in [3.8, 4) is 0 Å². The molecule has 1 rings (SSSR count). The third-order valence-corrected chi connectivity index (χ3v) is 5.50. The number of carbonyl (C=O) groups excluding carboxylic acids is 1. The fourth-order valence-corrected chi connectivity index (χ4v) is 3.90. The van der Waals surface area contributed by atoms with Gasteiger partial charge in [-0.15, -0.1) is 0 Å². The Kier molecular flexibility index (Phi) is 15.5. The molecule has 0 aliphatic heterocycles. The van der Waals surface area contributed by atoms with Crippen molar-refractivity contribution in [3.63, 3.8) is 0 Å². The Labute approximate surface area is 180 Å². The van der Waals surface area contributed by atoms with Crippen LogP contribution in [0, 0.1) is 13.8 Å². The van der Waals surface area contributed by atoms with Crippen molar-refractivity contribution < 1.29 is 4.79 Å². The van der Waals surface area contributed by atoms with E-state index < -0.39 is 0 Å². The van der Waals surface area contributed by atoms with E-state index >= 15 is 0 Å². The van der Waals surface area contributed by atoms with E-state index in [1.165, 1.54) is 94.6 Å². The molecule has 0 heterocycles. The summed E-state index contributed by atoms with van der Waals surface area (Å²) in [6.45, 7) is 7.71. The van der Waals surface area contributed by atoms with Crippen LogP contribution in [0.3, 0.4) is 0 Å². The highest BCUT2D eigenvalue weighted by Gasteiger charge is 2.03. The van der Waals surface area contributed by atoms with E-state index in [0.29, 0.717) is 6.54 Å². The Balaban J connectivity index is 1.84. The Morgan fingerprint density at radius 1 is 0.690 bits per heavy atom. The zero-order chi connectivity index (χ0) is 21.2. The van der Waals surface area contributed by atoms with Crippen LogP contribution in [0.15, 0.2) is 18.2 Å². The number of anilines is 1. The zero-order valence-corrected chi connectivity index (χ0v) is 19.5. The number of hydrogen-bond donors (Lipinski definition) is 2. The summed E-state index contributed by atoms with van der Waals surface area (Å²) in [6.07, 6.45) is 19.3. The van der Waals surface area contributed by atoms with Gasteiger partial charge in [0.05, 0.1) is 6.54 Å². The first-order chi connectivity index (χ1) is 14.1. The first kappa shape index (κ1) is 25.7. The maximum absolute atomic E-state index is 12.0. The van der Waals surface area contributed by atoms with E-state index in [0.717, 1.165) is 18.7 Å². The van der Waals surface area contributed by atoms with Crippen LogP contribution in [-0.2, 0) is 4.79 Å². The van der Waals surface area contributed by atoms with Crippen LogP contribution in [0.25, 0.3) is 0 Å². The quantitative estimate of drug-likeness (QED) is 0.253. The fourth-order valence-electron chi connectivity index (χ4n) is 3.90. The second kappa shape index (κ2) is 17.5. The van der Waals surface area contributed by atoms with Crippen molar-refractivity contribution in [2.75, 3.05) is 18.4 Å². The van der Waals surface area contributed by atoms with Gasteiger partial charge in [0.2, 0.25) is 5.91 Å². The highest BCUT2D eigenvalue weighted by Crippen LogP contribution is 2.14. The third kappa shape index (κ3) is 15.2. The lowest BCUT2D eigenvalue weighted by Crippen LogP contribution is -2.28. The van der Waals surface area contributed by atoms with Crippen molar-refractivity contribution in [1.82, 2.24) is 5.32 Å². The lowest BCUT2D eigenvalue weighted by molar-refractivity contribution is -0.115. The number of carbonyl (C=O) groups is 1. The predicted molar refractivity (Wildman–Crippen MR) is 128 cm³/mol. The molecule has 166 valence electrons. The Hall–Kier alpha value is -1.35. The minimum absolute atomic E-state index is 0.0420. The lowest BCUT2D eigenvalue weighted by Gasteiger charge is -2.08. The summed E-state index contributed by atoms with van der Waals surface area (Å²) in [5.41, 5.74) is 3.25. The van der Waals surface area contributed by atoms with Crippen molar-refractivity contribution in [2.24, 2.45) is 0 Å². The van der Waals surface area contributed by atoms with Crippen LogP contribution in [0.4, 0.5) is 5.69 Å². The zero-order valence-electron chi connectivity index (χ0n) is 19.5. The van der Waals surface area contributed by atoms with Gasteiger partial charge in [-0.3, -0.25) is 4.79 Å². The van der Waals surface area contributed by atoms with E-state index in [9.17, 15) is 4.79 Å². The Morgan fingerprint density at radius 2 is 1.14 bits per heavy atom. The molecule has 0 saturated heterocycles. The molecule has 3 nitrogen and oxygen atoms in total. The normalized spacial score (nSPS) is 11.0. The molecular weight excluding hydrogens is 356 g/mol. The summed E-state index contributed by atoms with van der Waals surface area (Å²) in [5.74, 6) is 0.0420. The van der Waals surface area contributed by atoms with Crippen LogP contribution in [0.2, 0.25) is 0 Å². The highest BCUT2D eigenvalue weighted by atomic mass is 16.1. The van der Waals surface area contributed by atoms with E-state index in [-0.39, 0.29) is 5.91 Å². The van der Waals surface area contributed by atoms with Gasteiger partial charge in [-0.2, -0.15) is 0 Å². The van der Waals surface area contributed by atoms with Crippen molar-refractivity contribution >= 4 is 11.6 Å². The monoisotopic (exact) mass is 402 g/mol. The number of amides is 1. The van der Waals surface area contributed by atoms with Crippen molar-refractivity contribution in [2.45, 2.75) is 111 Å². The van der Waals surface area contributed by atoms with Crippen LogP contribution in [-0.4, -0.2) is 19.0 Å². The van der Waals surface area contributed by atoms with Crippen LogP contribution in [0.5, 0.6) is 0 Å². The first-order valence-electron chi connectivity index (χ1n) is 12.2. The number of benzene rings is 1. The molecule has 3 heteroatoms. The summed E-state index contributed by atoms with van der Waals surface area (Å²) in [6, 6.07) is 6.14.